The minimum Gasteiger partial charge on any atom is -0.464 e. The molecule has 0 fully saturated rings. The van der Waals surface area contributed by atoms with Crippen LogP contribution in [0.5, 0.6) is 6.01 Å². The van der Waals surface area contributed by atoms with Gasteiger partial charge in [-0.15, -0.1) is 0 Å². The average Bonchev–Trinajstić information content (AvgIpc) is 2.47. The molecule has 2 aromatic rings. The molecule has 0 amide bonds. The summed E-state index contributed by atoms with van der Waals surface area (Å²) in [7, 11) is 3.55. The molecule has 0 saturated heterocycles. The summed E-state index contributed by atoms with van der Waals surface area (Å²) in [5, 5.41) is 2.87. The van der Waals surface area contributed by atoms with Gasteiger partial charge in [-0.3, -0.25) is 0 Å². The molecule has 0 atom stereocenters. The van der Waals surface area contributed by atoms with Crippen LogP contribution in [-0.4, -0.2) is 35.7 Å². The van der Waals surface area contributed by atoms with Gasteiger partial charge in [-0.25, -0.2) is 4.39 Å². The molecule has 1 aromatic heterocycles. The third-order valence-corrected chi connectivity index (χ3v) is 2.75. The molecule has 0 radical (unpaired) electrons. The maximum atomic E-state index is 13.2. The lowest BCUT2D eigenvalue weighted by atomic mass is 10.2. The Hall–Kier alpha value is -2.44. The van der Waals surface area contributed by atoms with Crippen molar-refractivity contribution in [1.82, 2.24) is 15.0 Å². The molecular formula is C14H18FN5O. The van der Waals surface area contributed by atoms with Crippen LogP contribution in [0.1, 0.15) is 12.5 Å². The molecule has 0 aliphatic heterocycles. The van der Waals surface area contributed by atoms with Gasteiger partial charge in [0.1, 0.15) is 5.82 Å². The lowest BCUT2D eigenvalue weighted by Crippen LogP contribution is -2.20. The molecule has 6 nitrogen and oxygen atoms in total. The Labute approximate surface area is 123 Å². The summed E-state index contributed by atoms with van der Waals surface area (Å²) < 4.78 is 18.5. The molecule has 7 heteroatoms. The summed E-state index contributed by atoms with van der Waals surface area (Å²) in [4.78, 5) is 14.4. The Morgan fingerprint density at radius 2 is 2.10 bits per heavy atom. The van der Waals surface area contributed by atoms with Crippen molar-refractivity contribution in [2.45, 2.75) is 13.5 Å². The summed E-state index contributed by atoms with van der Waals surface area (Å²) in [5.41, 5.74) is 0.835. The standard InChI is InChI=1S/C14H18FN5O/c1-4-21-14-18-12(16-2)17-13(19-14)20(3)9-10-6-5-7-11(15)8-10/h5-8H,4,9H2,1-3H3,(H,16,17,18,19). The number of hydrogen-bond acceptors (Lipinski definition) is 6. The van der Waals surface area contributed by atoms with E-state index in [1.807, 2.05) is 20.0 Å². The molecular weight excluding hydrogens is 273 g/mol. The Morgan fingerprint density at radius 1 is 1.29 bits per heavy atom. The Balaban J connectivity index is 2.21. The van der Waals surface area contributed by atoms with Crippen LogP contribution in [0.3, 0.4) is 0 Å². The van der Waals surface area contributed by atoms with Crippen molar-refractivity contribution in [3.8, 4) is 6.01 Å². The normalized spacial score (nSPS) is 10.3. The first-order valence-electron chi connectivity index (χ1n) is 6.64. The fourth-order valence-corrected chi connectivity index (χ4v) is 1.80. The minimum atomic E-state index is -0.262. The number of halogens is 1. The number of ether oxygens (including phenoxy) is 1. The van der Waals surface area contributed by atoms with Gasteiger partial charge in [0.25, 0.3) is 0 Å². The zero-order chi connectivity index (χ0) is 15.2. The number of rotatable bonds is 6. The van der Waals surface area contributed by atoms with Crippen molar-refractivity contribution in [2.75, 3.05) is 30.9 Å². The molecule has 1 N–H and O–H groups in total. The molecule has 0 bridgehead atoms. The zero-order valence-electron chi connectivity index (χ0n) is 12.3. The molecule has 0 aliphatic rings. The number of anilines is 2. The summed E-state index contributed by atoms with van der Waals surface area (Å²) in [6.45, 7) is 2.82. The van der Waals surface area contributed by atoms with E-state index in [0.29, 0.717) is 25.0 Å². The second kappa shape index (κ2) is 6.83. The van der Waals surface area contributed by atoms with Crippen molar-refractivity contribution in [3.63, 3.8) is 0 Å². The van der Waals surface area contributed by atoms with E-state index in [2.05, 4.69) is 20.3 Å². The molecule has 1 aromatic carbocycles. The van der Waals surface area contributed by atoms with E-state index in [-0.39, 0.29) is 11.8 Å². The number of benzene rings is 1. The predicted molar refractivity (Wildman–Crippen MR) is 79.0 cm³/mol. The van der Waals surface area contributed by atoms with E-state index in [9.17, 15) is 4.39 Å². The van der Waals surface area contributed by atoms with E-state index >= 15 is 0 Å². The smallest absolute Gasteiger partial charge is 0.323 e. The van der Waals surface area contributed by atoms with Gasteiger partial charge >= 0.3 is 6.01 Å². The maximum Gasteiger partial charge on any atom is 0.323 e. The predicted octanol–water partition coefficient (Wildman–Crippen LogP) is 2.09. The Kier molecular flexibility index (Phi) is 4.86. The lowest BCUT2D eigenvalue weighted by molar-refractivity contribution is 0.312. The summed E-state index contributed by atoms with van der Waals surface area (Å²) in [6, 6.07) is 6.69. The Bertz CT molecular complexity index is 608. The largest absolute Gasteiger partial charge is 0.464 e. The first kappa shape index (κ1) is 15.0. The van der Waals surface area contributed by atoms with Crippen LogP contribution in [0.4, 0.5) is 16.3 Å². The van der Waals surface area contributed by atoms with E-state index in [1.54, 1.807) is 18.0 Å². The van der Waals surface area contributed by atoms with Crippen molar-refractivity contribution in [2.24, 2.45) is 0 Å². The fraction of sp³-hybridized carbons (Fsp3) is 0.357. The maximum absolute atomic E-state index is 13.2. The average molecular weight is 291 g/mol. The Morgan fingerprint density at radius 3 is 2.76 bits per heavy atom. The van der Waals surface area contributed by atoms with E-state index < -0.39 is 0 Å². The SMILES string of the molecule is CCOc1nc(NC)nc(N(C)Cc2cccc(F)c2)n1. The van der Waals surface area contributed by atoms with Gasteiger partial charge in [0.15, 0.2) is 0 Å². The molecule has 21 heavy (non-hydrogen) atoms. The number of hydrogen-bond donors (Lipinski definition) is 1. The number of nitrogens with zero attached hydrogens (tertiary/aromatic N) is 4. The second-order valence-corrected chi connectivity index (χ2v) is 4.41. The topological polar surface area (TPSA) is 63.2 Å². The molecule has 2 rings (SSSR count). The summed E-state index contributed by atoms with van der Waals surface area (Å²) >= 11 is 0. The molecule has 0 unspecified atom stereocenters. The van der Waals surface area contributed by atoms with Crippen molar-refractivity contribution in [1.29, 1.82) is 0 Å². The van der Waals surface area contributed by atoms with Crippen LogP contribution in [0, 0.1) is 5.82 Å². The molecule has 0 aliphatic carbocycles. The highest BCUT2D eigenvalue weighted by molar-refractivity contribution is 5.38. The van der Waals surface area contributed by atoms with E-state index in [4.69, 9.17) is 4.74 Å². The van der Waals surface area contributed by atoms with Crippen LogP contribution in [0.25, 0.3) is 0 Å². The van der Waals surface area contributed by atoms with Gasteiger partial charge < -0.3 is 15.0 Å². The monoisotopic (exact) mass is 291 g/mol. The second-order valence-electron chi connectivity index (χ2n) is 4.41. The van der Waals surface area contributed by atoms with Gasteiger partial charge in [-0.1, -0.05) is 12.1 Å². The zero-order valence-corrected chi connectivity index (χ0v) is 12.3. The summed E-state index contributed by atoms with van der Waals surface area (Å²) in [5.74, 6) is 0.624. The quantitative estimate of drug-likeness (QED) is 0.879. The third-order valence-electron chi connectivity index (χ3n) is 2.75. The fourth-order valence-electron chi connectivity index (χ4n) is 1.80. The minimum absolute atomic E-state index is 0.262. The van der Waals surface area contributed by atoms with Crippen LogP contribution < -0.4 is 15.0 Å². The molecule has 0 saturated carbocycles. The van der Waals surface area contributed by atoms with Gasteiger partial charge in [0.2, 0.25) is 11.9 Å². The molecule has 0 spiro atoms. The van der Waals surface area contributed by atoms with Gasteiger partial charge in [-0.05, 0) is 24.6 Å². The van der Waals surface area contributed by atoms with Crippen LogP contribution >= 0.6 is 0 Å². The van der Waals surface area contributed by atoms with E-state index in [1.165, 1.54) is 12.1 Å². The first-order chi connectivity index (χ1) is 10.1. The first-order valence-corrected chi connectivity index (χ1v) is 6.64. The van der Waals surface area contributed by atoms with Gasteiger partial charge in [-0.2, -0.15) is 15.0 Å². The van der Waals surface area contributed by atoms with Crippen molar-refractivity contribution >= 4 is 11.9 Å². The van der Waals surface area contributed by atoms with Crippen LogP contribution in [0.15, 0.2) is 24.3 Å². The molecule has 1 heterocycles. The third kappa shape index (κ3) is 4.01. The highest BCUT2D eigenvalue weighted by Gasteiger charge is 2.11. The van der Waals surface area contributed by atoms with Crippen molar-refractivity contribution < 1.29 is 9.13 Å². The lowest BCUT2D eigenvalue weighted by Gasteiger charge is -2.18. The van der Waals surface area contributed by atoms with Crippen molar-refractivity contribution in [3.05, 3.63) is 35.6 Å². The number of aromatic nitrogens is 3. The number of nitrogens with one attached hydrogen (secondary N) is 1. The summed E-state index contributed by atoms with van der Waals surface area (Å²) in [6.07, 6.45) is 0. The highest BCUT2D eigenvalue weighted by atomic mass is 19.1. The van der Waals surface area contributed by atoms with Crippen LogP contribution in [-0.2, 0) is 6.54 Å². The highest BCUT2D eigenvalue weighted by Crippen LogP contribution is 2.16. The van der Waals surface area contributed by atoms with Gasteiger partial charge in [0, 0.05) is 20.6 Å². The van der Waals surface area contributed by atoms with Crippen LogP contribution in [0.2, 0.25) is 0 Å². The van der Waals surface area contributed by atoms with Gasteiger partial charge in [0.05, 0.1) is 6.61 Å². The van der Waals surface area contributed by atoms with E-state index in [0.717, 1.165) is 5.56 Å². The molecule has 112 valence electrons.